The summed E-state index contributed by atoms with van der Waals surface area (Å²) in [6.07, 6.45) is 0.215. The summed E-state index contributed by atoms with van der Waals surface area (Å²) in [7, 11) is 0. The molecule has 0 aliphatic heterocycles. The average Bonchev–Trinajstić information content (AvgIpc) is 2.65. The molecule has 1 aromatic heterocycles. The summed E-state index contributed by atoms with van der Waals surface area (Å²) < 4.78 is 11.0. The Balaban J connectivity index is 1.53. The molecule has 0 radical (unpaired) electrons. The highest BCUT2D eigenvalue weighted by Crippen LogP contribution is 2.22. The number of aromatic nitrogens is 1. The molecule has 132 valence electrons. The number of rotatable bonds is 6. The summed E-state index contributed by atoms with van der Waals surface area (Å²) in [5, 5.41) is 0. The maximum absolute atomic E-state index is 12.0. The third kappa shape index (κ3) is 4.83. The molecule has 26 heavy (non-hydrogen) atoms. The number of nitrogen functional groups attached to an aromatic ring is 1. The molecule has 0 spiro atoms. The predicted octanol–water partition coefficient (Wildman–Crippen LogP) is 4.05. The van der Waals surface area contributed by atoms with Crippen molar-refractivity contribution in [1.29, 1.82) is 0 Å². The number of carbonyl (C=O) groups is 1. The van der Waals surface area contributed by atoms with Gasteiger partial charge in [-0.3, -0.25) is 4.79 Å². The molecule has 0 amide bonds. The highest BCUT2D eigenvalue weighted by molar-refractivity contribution is 5.72. The van der Waals surface area contributed by atoms with Crippen molar-refractivity contribution >= 4 is 11.7 Å². The lowest BCUT2D eigenvalue weighted by molar-refractivity contribution is -0.144. The van der Waals surface area contributed by atoms with E-state index >= 15 is 0 Å². The second-order valence-electron chi connectivity index (χ2n) is 5.89. The van der Waals surface area contributed by atoms with Crippen LogP contribution in [0.25, 0.3) is 0 Å². The molecule has 5 heteroatoms. The first kappa shape index (κ1) is 17.5. The van der Waals surface area contributed by atoms with E-state index in [1.807, 2.05) is 49.4 Å². The standard InChI is InChI=1S/C21H20N2O3/c1-15-19(22)11-12-20(23-15)26-18-9-7-16(8-10-18)13-21(24)25-14-17-5-3-2-4-6-17/h2-12H,13-14,22H2,1H3. The van der Waals surface area contributed by atoms with Crippen LogP contribution in [0.15, 0.2) is 66.7 Å². The van der Waals surface area contributed by atoms with Crippen LogP contribution in [-0.4, -0.2) is 11.0 Å². The molecule has 0 saturated carbocycles. The fourth-order valence-corrected chi connectivity index (χ4v) is 2.36. The Bertz CT molecular complexity index is 878. The molecular weight excluding hydrogens is 328 g/mol. The normalized spacial score (nSPS) is 10.3. The van der Waals surface area contributed by atoms with Gasteiger partial charge in [-0.05, 0) is 36.2 Å². The van der Waals surface area contributed by atoms with Crippen molar-refractivity contribution in [3.8, 4) is 11.6 Å². The van der Waals surface area contributed by atoms with E-state index in [-0.39, 0.29) is 19.0 Å². The molecule has 0 bridgehead atoms. The Labute approximate surface area is 152 Å². The van der Waals surface area contributed by atoms with Crippen LogP contribution in [0.1, 0.15) is 16.8 Å². The second-order valence-corrected chi connectivity index (χ2v) is 5.89. The Morgan fingerprint density at radius 1 is 0.962 bits per heavy atom. The summed E-state index contributed by atoms with van der Waals surface area (Å²) in [5.74, 6) is 0.855. The van der Waals surface area contributed by atoms with Crippen LogP contribution in [0.4, 0.5) is 5.69 Å². The minimum absolute atomic E-state index is 0.215. The van der Waals surface area contributed by atoms with E-state index in [0.29, 0.717) is 17.3 Å². The van der Waals surface area contributed by atoms with Gasteiger partial charge < -0.3 is 15.2 Å². The van der Waals surface area contributed by atoms with Crippen LogP contribution >= 0.6 is 0 Å². The average molecular weight is 348 g/mol. The molecule has 0 aliphatic carbocycles. The zero-order valence-electron chi connectivity index (χ0n) is 14.5. The first-order chi connectivity index (χ1) is 12.6. The van der Waals surface area contributed by atoms with Gasteiger partial charge in [0.1, 0.15) is 12.4 Å². The smallest absolute Gasteiger partial charge is 0.310 e. The molecule has 3 rings (SSSR count). The van der Waals surface area contributed by atoms with E-state index in [4.69, 9.17) is 15.2 Å². The van der Waals surface area contributed by atoms with Gasteiger partial charge in [-0.1, -0.05) is 42.5 Å². The van der Waals surface area contributed by atoms with E-state index in [2.05, 4.69) is 4.98 Å². The molecule has 2 N–H and O–H groups in total. The molecule has 5 nitrogen and oxygen atoms in total. The van der Waals surface area contributed by atoms with Crippen LogP contribution in [0.3, 0.4) is 0 Å². The summed E-state index contributed by atoms with van der Waals surface area (Å²) >= 11 is 0. The lowest BCUT2D eigenvalue weighted by Crippen LogP contribution is -2.07. The largest absolute Gasteiger partial charge is 0.461 e. The van der Waals surface area contributed by atoms with Gasteiger partial charge in [-0.2, -0.15) is 0 Å². The summed E-state index contributed by atoms with van der Waals surface area (Å²) in [6, 6.07) is 20.4. The molecule has 3 aromatic rings. The molecule has 2 aromatic carbocycles. The van der Waals surface area contributed by atoms with Gasteiger partial charge in [0.2, 0.25) is 5.88 Å². The Morgan fingerprint density at radius 2 is 1.69 bits per heavy atom. The zero-order chi connectivity index (χ0) is 18.4. The first-order valence-corrected chi connectivity index (χ1v) is 8.29. The number of nitrogens with zero attached hydrogens (tertiary/aromatic N) is 1. The van der Waals surface area contributed by atoms with Crippen LogP contribution in [0, 0.1) is 6.92 Å². The zero-order valence-corrected chi connectivity index (χ0v) is 14.5. The van der Waals surface area contributed by atoms with E-state index in [0.717, 1.165) is 16.8 Å². The van der Waals surface area contributed by atoms with Crippen LogP contribution in [-0.2, 0) is 22.6 Å². The maximum Gasteiger partial charge on any atom is 0.310 e. The predicted molar refractivity (Wildman–Crippen MR) is 99.8 cm³/mol. The number of carbonyl (C=O) groups excluding carboxylic acids is 1. The van der Waals surface area contributed by atoms with Crippen molar-refractivity contribution in [3.05, 3.63) is 83.6 Å². The van der Waals surface area contributed by atoms with Crippen molar-refractivity contribution in [1.82, 2.24) is 4.98 Å². The highest BCUT2D eigenvalue weighted by atomic mass is 16.5. The van der Waals surface area contributed by atoms with E-state index in [9.17, 15) is 4.79 Å². The van der Waals surface area contributed by atoms with Crippen molar-refractivity contribution in [2.24, 2.45) is 0 Å². The number of hydrogen-bond acceptors (Lipinski definition) is 5. The molecule has 0 aliphatic rings. The molecule has 0 saturated heterocycles. The first-order valence-electron chi connectivity index (χ1n) is 8.29. The van der Waals surface area contributed by atoms with Crippen molar-refractivity contribution in [2.45, 2.75) is 20.0 Å². The van der Waals surface area contributed by atoms with Crippen LogP contribution in [0.5, 0.6) is 11.6 Å². The number of aryl methyl sites for hydroxylation is 1. The van der Waals surface area contributed by atoms with Gasteiger partial charge in [0.05, 0.1) is 17.8 Å². The number of esters is 1. The fraction of sp³-hybridized carbons (Fsp3) is 0.143. The van der Waals surface area contributed by atoms with E-state index in [1.54, 1.807) is 24.3 Å². The topological polar surface area (TPSA) is 74.4 Å². The number of nitrogens with two attached hydrogens (primary N) is 1. The maximum atomic E-state index is 12.0. The fourth-order valence-electron chi connectivity index (χ4n) is 2.36. The van der Waals surface area contributed by atoms with Gasteiger partial charge in [0.15, 0.2) is 0 Å². The van der Waals surface area contributed by atoms with Crippen molar-refractivity contribution < 1.29 is 14.3 Å². The third-order valence-corrected chi connectivity index (χ3v) is 3.84. The molecule has 0 unspecified atom stereocenters. The van der Waals surface area contributed by atoms with E-state index in [1.165, 1.54) is 0 Å². The lowest BCUT2D eigenvalue weighted by atomic mass is 10.1. The number of anilines is 1. The Hall–Kier alpha value is -3.34. The Morgan fingerprint density at radius 3 is 2.38 bits per heavy atom. The minimum atomic E-state index is -0.265. The van der Waals surface area contributed by atoms with Crippen LogP contribution < -0.4 is 10.5 Å². The summed E-state index contributed by atoms with van der Waals surface area (Å²) in [5.41, 5.74) is 8.92. The van der Waals surface area contributed by atoms with E-state index < -0.39 is 0 Å². The second kappa shape index (κ2) is 8.16. The minimum Gasteiger partial charge on any atom is -0.461 e. The number of benzene rings is 2. The molecule has 0 atom stereocenters. The summed E-state index contributed by atoms with van der Waals surface area (Å²) in [6.45, 7) is 2.11. The van der Waals surface area contributed by atoms with Gasteiger partial charge in [0, 0.05) is 6.07 Å². The third-order valence-electron chi connectivity index (χ3n) is 3.84. The van der Waals surface area contributed by atoms with Crippen LogP contribution in [0.2, 0.25) is 0 Å². The number of ether oxygens (including phenoxy) is 2. The van der Waals surface area contributed by atoms with Crippen molar-refractivity contribution in [3.63, 3.8) is 0 Å². The van der Waals surface area contributed by atoms with Gasteiger partial charge in [0.25, 0.3) is 0 Å². The molecular formula is C21H20N2O3. The summed E-state index contributed by atoms with van der Waals surface area (Å²) in [4.78, 5) is 16.2. The Kier molecular flexibility index (Phi) is 5.49. The monoisotopic (exact) mass is 348 g/mol. The van der Waals surface area contributed by atoms with Crippen molar-refractivity contribution in [2.75, 3.05) is 5.73 Å². The van der Waals surface area contributed by atoms with Gasteiger partial charge in [-0.25, -0.2) is 4.98 Å². The van der Waals surface area contributed by atoms with Gasteiger partial charge >= 0.3 is 5.97 Å². The SMILES string of the molecule is Cc1nc(Oc2ccc(CC(=O)OCc3ccccc3)cc2)ccc1N. The van der Waals surface area contributed by atoms with Gasteiger partial charge in [-0.15, -0.1) is 0 Å². The number of hydrogen-bond donors (Lipinski definition) is 1. The number of pyridine rings is 1. The molecule has 1 heterocycles. The highest BCUT2D eigenvalue weighted by Gasteiger charge is 2.07. The quantitative estimate of drug-likeness (QED) is 0.680. The lowest BCUT2D eigenvalue weighted by Gasteiger charge is -2.08. The molecule has 0 fully saturated rings.